The number of benzene rings is 2. The van der Waals surface area contributed by atoms with Crippen molar-refractivity contribution < 1.29 is 35.5 Å². The second kappa shape index (κ2) is 7.89. The summed E-state index contributed by atoms with van der Waals surface area (Å²) < 4.78 is 87.3. The Morgan fingerprint density at radius 1 is 1.03 bits per heavy atom. The Morgan fingerprint density at radius 3 is 2.34 bits per heavy atom. The van der Waals surface area contributed by atoms with Gasteiger partial charge in [-0.2, -0.15) is 18.4 Å². The van der Waals surface area contributed by atoms with E-state index in [1.165, 1.54) is 12.1 Å². The second-order valence-corrected chi connectivity index (χ2v) is 6.78. The van der Waals surface area contributed by atoms with Gasteiger partial charge in [0.1, 0.15) is 5.75 Å². The zero-order chi connectivity index (χ0) is 23.1. The molecule has 0 aliphatic rings. The van der Waals surface area contributed by atoms with Crippen molar-refractivity contribution in [2.24, 2.45) is 0 Å². The third kappa shape index (κ3) is 4.56. The Labute approximate surface area is 179 Å². The summed E-state index contributed by atoms with van der Waals surface area (Å²) in [6, 6.07) is 7.76. The van der Waals surface area contributed by atoms with Crippen LogP contribution < -0.4 is 9.64 Å². The molecule has 0 radical (unpaired) electrons. The number of hydrogen-bond donors (Lipinski definition) is 1. The minimum absolute atomic E-state index is 0.0282. The van der Waals surface area contributed by atoms with Crippen LogP contribution in [0.4, 0.5) is 32.0 Å². The quantitative estimate of drug-likeness (QED) is 0.294. The van der Waals surface area contributed by atoms with Gasteiger partial charge < -0.3 is 9.15 Å². The number of aromatic nitrogens is 4. The predicted molar refractivity (Wildman–Crippen MR) is 99.8 cm³/mol. The van der Waals surface area contributed by atoms with Crippen LogP contribution in [0.15, 0.2) is 46.9 Å². The molecule has 2 aromatic heterocycles. The first-order valence-corrected chi connectivity index (χ1v) is 9.04. The molecule has 0 fully saturated rings. The molecular formula is C18H10ClF6N5O2. The van der Waals surface area contributed by atoms with Gasteiger partial charge in [-0.15, -0.1) is 23.4 Å². The van der Waals surface area contributed by atoms with Gasteiger partial charge >= 0.3 is 12.7 Å². The number of nitrogens with zero attached hydrogens (tertiary/aromatic N) is 4. The molecule has 0 aliphatic carbocycles. The molecule has 0 saturated carbocycles. The SMILES string of the molecule is FC(F)(F)Oc1ccc(N(Cc2ccc3cc(-c4nn[nH]n4)oc3c2Cl)C(F)(F)F)cc1. The second-order valence-electron chi connectivity index (χ2n) is 6.40. The van der Waals surface area contributed by atoms with Crippen LogP contribution in [0.1, 0.15) is 5.56 Å². The number of rotatable bonds is 5. The van der Waals surface area contributed by atoms with Gasteiger partial charge in [-0.25, -0.2) is 0 Å². The first-order chi connectivity index (χ1) is 15.0. The Bertz CT molecular complexity index is 1220. The van der Waals surface area contributed by atoms with Crippen molar-refractivity contribution >= 4 is 28.3 Å². The van der Waals surface area contributed by atoms with E-state index in [9.17, 15) is 26.3 Å². The van der Waals surface area contributed by atoms with Gasteiger partial charge in [0.15, 0.2) is 11.3 Å². The highest BCUT2D eigenvalue weighted by atomic mass is 35.5. The summed E-state index contributed by atoms with van der Waals surface area (Å²) >= 11 is 6.30. The summed E-state index contributed by atoms with van der Waals surface area (Å²) in [4.78, 5) is 0.0282. The lowest BCUT2D eigenvalue weighted by Crippen LogP contribution is -2.37. The van der Waals surface area contributed by atoms with Crippen molar-refractivity contribution in [3.8, 4) is 17.3 Å². The summed E-state index contributed by atoms with van der Waals surface area (Å²) in [6.07, 6.45) is -9.82. The molecule has 0 atom stereocenters. The van der Waals surface area contributed by atoms with Gasteiger partial charge in [-0.05, 0) is 41.1 Å². The summed E-state index contributed by atoms with van der Waals surface area (Å²) in [7, 11) is 0. The lowest BCUT2D eigenvalue weighted by Gasteiger charge is -2.27. The number of alkyl halides is 6. The van der Waals surface area contributed by atoms with E-state index in [-0.39, 0.29) is 32.7 Å². The molecule has 0 aliphatic heterocycles. The average Bonchev–Trinajstić information content (AvgIpc) is 3.36. The van der Waals surface area contributed by atoms with Crippen LogP contribution in [-0.2, 0) is 6.54 Å². The normalized spacial score (nSPS) is 12.3. The van der Waals surface area contributed by atoms with E-state index in [1.807, 2.05) is 0 Å². The van der Waals surface area contributed by atoms with Crippen LogP contribution >= 0.6 is 11.6 Å². The molecule has 0 amide bonds. The van der Waals surface area contributed by atoms with Gasteiger partial charge in [-0.1, -0.05) is 23.7 Å². The molecule has 7 nitrogen and oxygen atoms in total. The number of halogens is 7. The molecule has 0 unspecified atom stereocenters. The predicted octanol–water partition coefficient (Wildman–Crippen LogP) is 5.69. The molecular weight excluding hydrogens is 468 g/mol. The highest BCUT2D eigenvalue weighted by Crippen LogP contribution is 2.37. The van der Waals surface area contributed by atoms with Gasteiger partial charge in [0.25, 0.3) is 0 Å². The van der Waals surface area contributed by atoms with Crippen molar-refractivity contribution in [1.29, 1.82) is 0 Å². The van der Waals surface area contributed by atoms with Gasteiger partial charge in [0.2, 0.25) is 5.82 Å². The van der Waals surface area contributed by atoms with E-state index in [1.54, 1.807) is 6.07 Å². The van der Waals surface area contributed by atoms with Crippen LogP contribution in [-0.4, -0.2) is 33.3 Å². The maximum atomic E-state index is 13.7. The standard InChI is InChI=1S/C18H10ClF6N5O2/c19-14-10(2-1-9-7-13(31-15(9)14)16-26-28-29-27-16)8-30(17(20,21)22)11-3-5-12(6-4-11)32-18(23,24)25/h1-7H,8H2,(H,26,27,28,29). The van der Waals surface area contributed by atoms with Crippen molar-refractivity contribution in [2.45, 2.75) is 19.2 Å². The number of fused-ring (bicyclic) bond motifs is 1. The third-order valence-electron chi connectivity index (χ3n) is 4.29. The topological polar surface area (TPSA) is 80.1 Å². The Hall–Kier alpha value is -3.48. The molecule has 2 aromatic carbocycles. The Kier molecular flexibility index (Phi) is 5.36. The van der Waals surface area contributed by atoms with Crippen molar-refractivity contribution in [2.75, 3.05) is 4.90 Å². The molecule has 4 rings (SSSR count). The molecule has 32 heavy (non-hydrogen) atoms. The fourth-order valence-corrected chi connectivity index (χ4v) is 3.20. The smallest absolute Gasteiger partial charge is 0.451 e. The van der Waals surface area contributed by atoms with Crippen LogP contribution in [0.5, 0.6) is 5.75 Å². The van der Waals surface area contributed by atoms with Crippen LogP contribution in [0.3, 0.4) is 0 Å². The van der Waals surface area contributed by atoms with Gasteiger partial charge in [-0.3, -0.25) is 4.90 Å². The molecule has 0 spiro atoms. The van der Waals surface area contributed by atoms with E-state index >= 15 is 0 Å². The summed E-state index contributed by atoms with van der Waals surface area (Å²) in [5.74, 6) is -0.301. The number of hydrogen-bond acceptors (Lipinski definition) is 6. The number of furan rings is 1. The highest BCUT2D eigenvalue weighted by molar-refractivity contribution is 6.35. The third-order valence-corrected chi connectivity index (χ3v) is 4.70. The van der Waals surface area contributed by atoms with Crippen LogP contribution in [0.2, 0.25) is 5.02 Å². The van der Waals surface area contributed by atoms with Gasteiger partial charge in [0.05, 0.1) is 11.6 Å². The zero-order valence-electron chi connectivity index (χ0n) is 15.5. The first-order valence-electron chi connectivity index (χ1n) is 8.66. The van der Waals surface area contributed by atoms with Crippen molar-refractivity contribution in [1.82, 2.24) is 20.6 Å². The van der Waals surface area contributed by atoms with Crippen molar-refractivity contribution in [3.05, 3.63) is 53.1 Å². The molecule has 4 aromatic rings. The monoisotopic (exact) mass is 477 g/mol. The number of H-pyrrole nitrogens is 1. The molecule has 2 heterocycles. The first kappa shape index (κ1) is 21.7. The molecule has 14 heteroatoms. The Morgan fingerprint density at radius 2 is 1.75 bits per heavy atom. The molecule has 0 bridgehead atoms. The highest BCUT2D eigenvalue weighted by Gasteiger charge is 2.38. The summed E-state index contributed by atoms with van der Waals surface area (Å²) in [5, 5.41) is 13.6. The lowest BCUT2D eigenvalue weighted by molar-refractivity contribution is -0.274. The number of anilines is 1. The Balaban J connectivity index is 1.65. The van der Waals surface area contributed by atoms with E-state index in [4.69, 9.17) is 16.0 Å². The summed E-state index contributed by atoms with van der Waals surface area (Å²) in [5.41, 5.74) is -0.212. The van der Waals surface area contributed by atoms with Crippen molar-refractivity contribution in [3.63, 3.8) is 0 Å². The maximum absolute atomic E-state index is 13.7. The number of aromatic amines is 1. The lowest BCUT2D eigenvalue weighted by atomic mass is 10.1. The number of nitrogens with one attached hydrogen (secondary N) is 1. The zero-order valence-corrected chi connectivity index (χ0v) is 16.3. The fourth-order valence-electron chi connectivity index (χ4n) is 2.93. The number of ether oxygens (including phenoxy) is 1. The fraction of sp³-hybridized carbons (Fsp3) is 0.167. The molecule has 0 saturated heterocycles. The summed E-state index contributed by atoms with van der Waals surface area (Å²) in [6.45, 7) is -0.726. The van der Waals surface area contributed by atoms with Crippen LogP contribution in [0.25, 0.3) is 22.6 Å². The van der Waals surface area contributed by atoms with E-state index < -0.39 is 30.6 Å². The number of tetrazole rings is 1. The minimum Gasteiger partial charge on any atom is -0.451 e. The van der Waals surface area contributed by atoms with Gasteiger partial charge in [0, 0.05) is 11.1 Å². The molecule has 1 N–H and O–H groups in total. The van der Waals surface area contributed by atoms with E-state index in [0.717, 1.165) is 24.3 Å². The molecule has 168 valence electrons. The van der Waals surface area contributed by atoms with E-state index in [2.05, 4.69) is 25.4 Å². The minimum atomic E-state index is -4.96. The van der Waals surface area contributed by atoms with E-state index in [0.29, 0.717) is 5.39 Å². The van der Waals surface area contributed by atoms with Crippen LogP contribution in [0, 0.1) is 0 Å². The largest absolute Gasteiger partial charge is 0.573 e. The average molecular weight is 478 g/mol. The maximum Gasteiger partial charge on any atom is 0.573 e.